The zero-order valence-corrected chi connectivity index (χ0v) is 16.1. The van der Waals surface area contributed by atoms with Gasteiger partial charge in [0, 0.05) is 6.54 Å². The third-order valence-corrected chi connectivity index (χ3v) is 5.65. The summed E-state index contributed by atoms with van der Waals surface area (Å²) in [7, 11) is -0.492. The van der Waals surface area contributed by atoms with E-state index in [4.69, 9.17) is 20.9 Å². The molecule has 0 N–H and O–H groups in total. The minimum atomic E-state index is -0.492. The van der Waals surface area contributed by atoms with Gasteiger partial charge in [0.15, 0.2) is 0 Å². The van der Waals surface area contributed by atoms with Gasteiger partial charge in [-0.1, -0.05) is 41.9 Å². The molecule has 0 radical (unpaired) electrons. The number of nitrogens with zero attached hydrogens (tertiary/aromatic N) is 3. The molecule has 0 saturated carbocycles. The second kappa shape index (κ2) is 6.08. The predicted molar refractivity (Wildman–Crippen MR) is 104 cm³/mol. The minimum Gasteiger partial charge on any atom is -0.398 e. The molecule has 4 rings (SSSR count). The maximum atomic E-state index is 6.32. The summed E-state index contributed by atoms with van der Waals surface area (Å²) >= 11 is 6.32. The highest BCUT2D eigenvalue weighted by molar-refractivity contribution is 6.62. The molecular weight excluding hydrogens is 348 g/mol. The fraction of sp³-hybridized carbons (Fsp3) is 0.368. The van der Waals surface area contributed by atoms with E-state index in [1.807, 2.05) is 52.0 Å². The molecule has 1 fully saturated rings. The van der Waals surface area contributed by atoms with Crippen LogP contribution in [-0.2, 0) is 15.9 Å². The quantitative estimate of drug-likeness (QED) is 0.524. The smallest absolute Gasteiger partial charge is 0.398 e. The van der Waals surface area contributed by atoms with Gasteiger partial charge in [0.1, 0.15) is 17.1 Å². The number of hydrogen-bond acceptors (Lipinski definition) is 4. The summed E-state index contributed by atoms with van der Waals surface area (Å²) in [6.45, 7) is 8.83. The molecule has 26 heavy (non-hydrogen) atoms. The monoisotopic (exact) mass is 369 g/mol. The van der Waals surface area contributed by atoms with E-state index < -0.39 is 18.3 Å². The third-order valence-electron chi connectivity index (χ3n) is 5.35. The molecule has 134 valence electrons. The van der Waals surface area contributed by atoms with Crippen molar-refractivity contribution >= 4 is 35.3 Å². The normalized spacial score (nSPS) is 18.6. The second-order valence-electron chi connectivity index (χ2n) is 7.63. The molecule has 1 aromatic carbocycles. The number of fused-ring (bicyclic) bond motifs is 1. The zero-order valence-electron chi connectivity index (χ0n) is 15.4. The molecule has 1 saturated heterocycles. The number of halogens is 1. The first kappa shape index (κ1) is 17.5. The Kier molecular flexibility index (Phi) is 4.10. The third kappa shape index (κ3) is 2.82. The van der Waals surface area contributed by atoms with Gasteiger partial charge in [0.25, 0.3) is 0 Å². The maximum absolute atomic E-state index is 6.32. The van der Waals surface area contributed by atoms with Gasteiger partial charge >= 0.3 is 7.12 Å². The van der Waals surface area contributed by atoms with Crippen LogP contribution >= 0.6 is 11.6 Å². The van der Waals surface area contributed by atoms with Gasteiger partial charge in [-0.25, -0.2) is 9.97 Å². The fourth-order valence-corrected chi connectivity index (χ4v) is 3.33. The summed E-state index contributed by atoms with van der Waals surface area (Å²) < 4.78 is 14.6. The lowest BCUT2D eigenvalue weighted by Crippen LogP contribution is -2.41. The van der Waals surface area contributed by atoms with Crippen molar-refractivity contribution in [3.63, 3.8) is 0 Å². The lowest BCUT2D eigenvalue weighted by atomic mass is 9.84. The Morgan fingerprint density at radius 1 is 1.04 bits per heavy atom. The van der Waals surface area contributed by atoms with E-state index in [1.165, 1.54) is 6.33 Å². The molecule has 0 amide bonds. The summed E-state index contributed by atoms with van der Waals surface area (Å²) in [6.07, 6.45) is 1.49. The fourth-order valence-electron chi connectivity index (χ4n) is 3.14. The SMILES string of the molecule is CC1(C)OB(c2cc3c(Cl)ncnc3n2Cc2ccccc2)OC1(C)C. The highest BCUT2D eigenvalue weighted by Gasteiger charge is 2.52. The van der Waals surface area contributed by atoms with Crippen molar-refractivity contribution in [2.75, 3.05) is 0 Å². The standard InChI is InChI=1S/C19H21BClN3O2/c1-18(2)19(3,4)26-20(25-18)15-10-14-16(21)22-12-23-17(14)24(15)11-13-8-6-5-7-9-13/h5-10,12H,11H2,1-4H3. The molecule has 0 atom stereocenters. The van der Waals surface area contributed by atoms with Crippen LogP contribution in [0.2, 0.25) is 5.15 Å². The van der Waals surface area contributed by atoms with Crippen LogP contribution in [0.25, 0.3) is 11.0 Å². The first-order chi connectivity index (χ1) is 12.3. The molecule has 0 aliphatic carbocycles. The lowest BCUT2D eigenvalue weighted by Gasteiger charge is -2.32. The average molecular weight is 370 g/mol. The number of benzene rings is 1. The highest BCUT2D eigenvalue weighted by atomic mass is 35.5. The van der Waals surface area contributed by atoms with Gasteiger partial charge in [-0.3, -0.25) is 0 Å². The van der Waals surface area contributed by atoms with Crippen LogP contribution in [0.3, 0.4) is 0 Å². The molecule has 0 spiro atoms. The van der Waals surface area contributed by atoms with Crippen molar-refractivity contribution < 1.29 is 9.31 Å². The van der Waals surface area contributed by atoms with Crippen LogP contribution in [-0.4, -0.2) is 32.9 Å². The van der Waals surface area contributed by atoms with Crippen LogP contribution in [0.4, 0.5) is 0 Å². The van der Waals surface area contributed by atoms with Crippen molar-refractivity contribution in [3.05, 3.63) is 53.4 Å². The van der Waals surface area contributed by atoms with E-state index in [9.17, 15) is 0 Å². The van der Waals surface area contributed by atoms with E-state index in [1.54, 1.807) is 0 Å². The van der Waals surface area contributed by atoms with Crippen LogP contribution in [0.15, 0.2) is 42.7 Å². The number of hydrogen-bond donors (Lipinski definition) is 0. The number of aromatic nitrogens is 3. The van der Waals surface area contributed by atoms with Crippen LogP contribution in [0.5, 0.6) is 0 Å². The summed E-state index contributed by atoms with van der Waals surface area (Å²) in [4.78, 5) is 8.57. The van der Waals surface area contributed by atoms with Crippen molar-refractivity contribution in [1.82, 2.24) is 14.5 Å². The van der Waals surface area contributed by atoms with Gasteiger partial charge < -0.3 is 13.9 Å². The van der Waals surface area contributed by atoms with Crippen LogP contribution in [0.1, 0.15) is 33.3 Å². The van der Waals surface area contributed by atoms with Gasteiger partial charge in [-0.05, 0) is 39.3 Å². The van der Waals surface area contributed by atoms with Crippen LogP contribution in [0, 0.1) is 0 Å². The van der Waals surface area contributed by atoms with Crippen molar-refractivity contribution in [1.29, 1.82) is 0 Å². The molecule has 5 nitrogen and oxygen atoms in total. The maximum Gasteiger partial charge on any atom is 0.512 e. The summed E-state index contributed by atoms with van der Waals surface area (Å²) in [5.74, 6) is 0. The van der Waals surface area contributed by atoms with E-state index in [-0.39, 0.29) is 0 Å². The average Bonchev–Trinajstić information content (AvgIpc) is 3.04. The Balaban J connectivity index is 1.84. The largest absolute Gasteiger partial charge is 0.512 e. The highest BCUT2D eigenvalue weighted by Crippen LogP contribution is 2.37. The van der Waals surface area contributed by atoms with Crippen molar-refractivity contribution in [2.24, 2.45) is 0 Å². The predicted octanol–water partition coefficient (Wildman–Crippen LogP) is 3.43. The van der Waals surface area contributed by atoms with E-state index in [0.717, 1.165) is 22.2 Å². The molecule has 0 bridgehead atoms. The molecule has 2 aromatic heterocycles. The topological polar surface area (TPSA) is 49.2 Å². The molecule has 7 heteroatoms. The Bertz CT molecular complexity index is 940. The summed E-state index contributed by atoms with van der Waals surface area (Å²) in [6, 6.07) is 12.2. The van der Waals surface area contributed by atoms with E-state index in [2.05, 4.69) is 26.7 Å². The van der Waals surface area contributed by atoms with Crippen LogP contribution < -0.4 is 5.59 Å². The summed E-state index contributed by atoms with van der Waals surface area (Å²) in [5.41, 5.74) is 2.00. The van der Waals surface area contributed by atoms with Gasteiger partial charge in [0.05, 0.1) is 22.2 Å². The molecule has 3 aromatic rings. The van der Waals surface area contributed by atoms with Crippen molar-refractivity contribution in [3.8, 4) is 0 Å². The molecule has 0 unspecified atom stereocenters. The van der Waals surface area contributed by atoms with Gasteiger partial charge in [-0.2, -0.15) is 0 Å². The Morgan fingerprint density at radius 2 is 1.69 bits per heavy atom. The second-order valence-corrected chi connectivity index (χ2v) is 7.99. The Hall–Kier alpha value is -1.89. The molecular formula is C19H21BClN3O2. The molecule has 1 aliphatic heterocycles. The van der Waals surface area contributed by atoms with E-state index >= 15 is 0 Å². The van der Waals surface area contributed by atoms with Gasteiger partial charge in [0.2, 0.25) is 0 Å². The van der Waals surface area contributed by atoms with E-state index in [0.29, 0.717) is 11.7 Å². The first-order valence-corrected chi connectivity index (χ1v) is 9.05. The van der Waals surface area contributed by atoms with Gasteiger partial charge in [-0.15, -0.1) is 0 Å². The number of rotatable bonds is 3. The summed E-state index contributed by atoms with van der Waals surface area (Å²) in [5, 5.41) is 1.23. The molecule has 3 heterocycles. The minimum absolute atomic E-state index is 0.416. The first-order valence-electron chi connectivity index (χ1n) is 8.68. The van der Waals surface area contributed by atoms with Crippen molar-refractivity contribution in [2.45, 2.75) is 45.4 Å². The zero-order chi connectivity index (χ0) is 18.5. The molecule has 1 aliphatic rings. The Labute approximate surface area is 158 Å². The lowest BCUT2D eigenvalue weighted by molar-refractivity contribution is 0.00578. The Morgan fingerprint density at radius 3 is 2.35 bits per heavy atom.